The number of nitrogens with zero attached hydrogens (tertiary/aromatic N) is 2. The van der Waals surface area contributed by atoms with Crippen molar-refractivity contribution in [2.75, 3.05) is 0 Å². The molecule has 0 spiro atoms. The van der Waals surface area contributed by atoms with Gasteiger partial charge in [0.2, 0.25) is 0 Å². The maximum Gasteiger partial charge on any atom is 0.269 e. The third-order valence-electron chi connectivity index (χ3n) is 5.26. The molecule has 0 unspecified atom stereocenters. The Morgan fingerprint density at radius 3 is 2.48 bits per heavy atom. The summed E-state index contributed by atoms with van der Waals surface area (Å²) in [6.07, 6.45) is 0. The second-order valence-corrected chi connectivity index (χ2v) is 8.55. The number of aromatic nitrogens is 1. The van der Waals surface area contributed by atoms with Gasteiger partial charge in [0.15, 0.2) is 0 Å². The van der Waals surface area contributed by atoms with Gasteiger partial charge in [0.1, 0.15) is 5.69 Å². The lowest BCUT2D eigenvalue weighted by Gasteiger charge is -2.13. The van der Waals surface area contributed by atoms with E-state index >= 15 is 0 Å². The van der Waals surface area contributed by atoms with E-state index in [-0.39, 0.29) is 5.91 Å². The molecule has 0 aliphatic heterocycles. The Morgan fingerprint density at radius 1 is 1.00 bits per heavy atom. The van der Waals surface area contributed by atoms with Crippen molar-refractivity contribution in [3.63, 3.8) is 0 Å². The van der Waals surface area contributed by atoms with Crippen molar-refractivity contribution in [3.8, 4) is 6.07 Å². The molecule has 5 heteroatoms. The molecule has 1 amide bonds. The quantitative estimate of drug-likeness (QED) is 0.395. The zero-order valence-corrected chi connectivity index (χ0v) is 19.0. The average Bonchev–Trinajstić information content (AvgIpc) is 3.03. The molecule has 4 nitrogen and oxygen atoms in total. The number of carbonyl (C=O) groups is 1. The molecule has 0 atom stereocenters. The van der Waals surface area contributed by atoms with Gasteiger partial charge in [-0.1, -0.05) is 59.7 Å². The molecule has 0 fully saturated rings. The number of nitrogens with one attached hydrogen (secondary N) is 1. The van der Waals surface area contributed by atoms with E-state index in [1.807, 2.05) is 47.0 Å². The second-order valence-electron chi connectivity index (χ2n) is 7.76. The minimum Gasteiger partial charge on any atom is -0.347 e. The number of amides is 1. The van der Waals surface area contributed by atoms with Crippen LogP contribution in [0.15, 0.2) is 71.2 Å². The summed E-state index contributed by atoms with van der Waals surface area (Å²) in [5.74, 6) is -0.140. The Balaban J connectivity index is 1.70. The van der Waals surface area contributed by atoms with E-state index in [0.29, 0.717) is 24.3 Å². The summed E-state index contributed by atoms with van der Waals surface area (Å²) in [6.45, 7) is 5.07. The summed E-state index contributed by atoms with van der Waals surface area (Å²) in [6, 6.07) is 23.9. The highest BCUT2D eigenvalue weighted by Crippen LogP contribution is 2.32. The van der Waals surface area contributed by atoms with Crippen LogP contribution in [-0.4, -0.2) is 10.5 Å². The molecule has 0 saturated heterocycles. The topological polar surface area (TPSA) is 57.8 Å². The number of halogens is 1. The molecule has 31 heavy (non-hydrogen) atoms. The minimum atomic E-state index is -0.140. The van der Waals surface area contributed by atoms with E-state index in [2.05, 4.69) is 59.4 Å². The predicted molar refractivity (Wildman–Crippen MR) is 127 cm³/mol. The zero-order chi connectivity index (χ0) is 22.0. The average molecular weight is 472 g/mol. The third kappa shape index (κ3) is 4.40. The Labute approximate surface area is 190 Å². The van der Waals surface area contributed by atoms with E-state index in [9.17, 15) is 10.1 Å². The maximum absolute atomic E-state index is 13.3. The normalized spacial score (nSPS) is 10.8. The zero-order valence-electron chi connectivity index (χ0n) is 17.4. The van der Waals surface area contributed by atoms with E-state index in [1.165, 1.54) is 11.1 Å². The molecule has 1 aromatic heterocycles. The predicted octanol–water partition coefficient (Wildman–Crippen LogP) is 5.87. The molecular weight excluding hydrogens is 450 g/mol. The van der Waals surface area contributed by atoms with Crippen LogP contribution >= 0.6 is 15.9 Å². The largest absolute Gasteiger partial charge is 0.347 e. The van der Waals surface area contributed by atoms with Crippen LogP contribution in [0, 0.1) is 25.2 Å². The highest BCUT2D eigenvalue weighted by Gasteiger charge is 2.21. The van der Waals surface area contributed by atoms with Gasteiger partial charge >= 0.3 is 0 Å². The van der Waals surface area contributed by atoms with E-state index in [1.54, 1.807) is 6.07 Å². The summed E-state index contributed by atoms with van der Waals surface area (Å²) in [5.41, 5.74) is 6.55. The molecule has 4 rings (SSSR count). The van der Waals surface area contributed by atoms with Crippen LogP contribution in [0.3, 0.4) is 0 Å². The fourth-order valence-corrected chi connectivity index (χ4v) is 4.74. The van der Waals surface area contributed by atoms with Crippen molar-refractivity contribution >= 4 is 32.7 Å². The first-order valence-electron chi connectivity index (χ1n) is 10.1. The highest BCUT2D eigenvalue weighted by molar-refractivity contribution is 9.10. The van der Waals surface area contributed by atoms with Crippen LogP contribution in [0.2, 0.25) is 0 Å². The number of fused-ring (bicyclic) bond motifs is 1. The highest BCUT2D eigenvalue weighted by atomic mass is 79.9. The minimum absolute atomic E-state index is 0.140. The first kappa shape index (κ1) is 20.9. The number of hydrogen-bond donors (Lipinski definition) is 1. The van der Waals surface area contributed by atoms with E-state index in [0.717, 1.165) is 26.5 Å². The summed E-state index contributed by atoms with van der Waals surface area (Å²) >= 11 is 3.66. The number of benzene rings is 3. The second kappa shape index (κ2) is 8.79. The van der Waals surface area contributed by atoms with Crippen LogP contribution in [-0.2, 0) is 13.1 Å². The summed E-state index contributed by atoms with van der Waals surface area (Å²) in [7, 11) is 0. The molecule has 0 aliphatic rings. The smallest absolute Gasteiger partial charge is 0.269 e. The summed E-state index contributed by atoms with van der Waals surface area (Å²) in [5, 5.41) is 13.3. The first-order valence-corrected chi connectivity index (χ1v) is 10.9. The van der Waals surface area contributed by atoms with Crippen molar-refractivity contribution in [1.82, 2.24) is 9.88 Å². The summed E-state index contributed by atoms with van der Waals surface area (Å²) in [4.78, 5) is 13.3. The number of aryl methyl sites for hydroxylation is 2. The number of carbonyl (C=O) groups excluding carboxylic acids is 1. The third-order valence-corrected chi connectivity index (χ3v) is 6.06. The Bertz CT molecular complexity index is 1310. The standard InChI is InChI=1S/C26H22BrN3O/c1-17-10-18(2)12-21(11-17)15-29-26(31)25-24(27)22-8-3-4-9-23(22)30(25)16-20-7-5-6-19(13-20)14-28/h3-13H,15-16H2,1-2H3,(H,29,31). The Hall–Kier alpha value is -3.36. The molecule has 0 aliphatic carbocycles. The SMILES string of the molecule is Cc1cc(C)cc(CNC(=O)c2c(Br)c3ccccc3n2Cc2cccc(C#N)c2)c1. The van der Waals surface area contributed by atoms with Crippen LogP contribution in [0.4, 0.5) is 0 Å². The number of hydrogen-bond acceptors (Lipinski definition) is 2. The van der Waals surface area contributed by atoms with Gasteiger partial charge < -0.3 is 9.88 Å². The fraction of sp³-hybridized carbons (Fsp3) is 0.154. The molecule has 1 heterocycles. The van der Waals surface area contributed by atoms with Gasteiger partial charge in [0.25, 0.3) is 5.91 Å². The van der Waals surface area contributed by atoms with E-state index in [4.69, 9.17) is 0 Å². The Kier molecular flexibility index (Phi) is 5.92. The van der Waals surface area contributed by atoms with Crippen molar-refractivity contribution in [2.45, 2.75) is 26.9 Å². The molecule has 4 aromatic rings. The van der Waals surface area contributed by atoms with Gasteiger partial charge in [-0.3, -0.25) is 4.79 Å². The van der Waals surface area contributed by atoms with Crippen LogP contribution < -0.4 is 5.32 Å². The molecule has 0 radical (unpaired) electrons. The lowest BCUT2D eigenvalue weighted by Crippen LogP contribution is -2.26. The molecule has 1 N–H and O–H groups in total. The number of para-hydroxylation sites is 1. The lowest BCUT2D eigenvalue weighted by molar-refractivity contribution is 0.0941. The maximum atomic E-state index is 13.3. The van der Waals surface area contributed by atoms with Gasteiger partial charge in [-0.25, -0.2) is 0 Å². The number of rotatable bonds is 5. The monoisotopic (exact) mass is 471 g/mol. The fourth-order valence-electron chi connectivity index (χ4n) is 4.01. The van der Waals surface area contributed by atoms with Crippen LogP contribution in [0.1, 0.15) is 38.3 Å². The van der Waals surface area contributed by atoms with Crippen molar-refractivity contribution in [3.05, 3.63) is 105 Å². The van der Waals surface area contributed by atoms with E-state index < -0.39 is 0 Å². The molecule has 0 bridgehead atoms. The van der Waals surface area contributed by atoms with Crippen molar-refractivity contribution in [2.24, 2.45) is 0 Å². The van der Waals surface area contributed by atoms with Crippen molar-refractivity contribution in [1.29, 1.82) is 5.26 Å². The molecule has 0 saturated carbocycles. The van der Waals surface area contributed by atoms with Gasteiger partial charge in [-0.05, 0) is 59.1 Å². The first-order chi connectivity index (χ1) is 15.0. The number of nitriles is 1. The van der Waals surface area contributed by atoms with Crippen LogP contribution in [0.25, 0.3) is 10.9 Å². The molecular formula is C26H22BrN3O. The van der Waals surface area contributed by atoms with Gasteiger partial charge in [0, 0.05) is 18.5 Å². The molecule has 3 aromatic carbocycles. The Morgan fingerprint density at radius 2 is 1.74 bits per heavy atom. The summed E-state index contributed by atoms with van der Waals surface area (Å²) < 4.78 is 2.78. The lowest BCUT2D eigenvalue weighted by atomic mass is 10.1. The van der Waals surface area contributed by atoms with Crippen LogP contribution in [0.5, 0.6) is 0 Å². The van der Waals surface area contributed by atoms with Gasteiger partial charge in [0.05, 0.1) is 21.6 Å². The van der Waals surface area contributed by atoms with Gasteiger partial charge in [-0.15, -0.1) is 0 Å². The van der Waals surface area contributed by atoms with Crippen molar-refractivity contribution < 1.29 is 4.79 Å². The molecule has 154 valence electrons. The van der Waals surface area contributed by atoms with Gasteiger partial charge in [-0.2, -0.15) is 5.26 Å².